The third-order valence-corrected chi connectivity index (χ3v) is 10.8. The van der Waals surface area contributed by atoms with E-state index in [1.165, 1.54) is 31.2 Å². The Labute approximate surface area is 361 Å². The van der Waals surface area contributed by atoms with Crippen molar-refractivity contribution in [2.24, 2.45) is 0 Å². The number of Topliss-reactive ketones (excluding diaryl/α,β-unsaturated/α-hetero) is 2. The van der Waals surface area contributed by atoms with E-state index in [9.17, 15) is 58.8 Å². The van der Waals surface area contributed by atoms with E-state index in [2.05, 4.69) is 21.3 Å². The summed E-state index contributed by atoms with van der Waals surface area (Å²) >= 11 is 0. The SMILES string of the molecule is CCC(CC)(Nc1ccccc1)C(=O)c1cc(C(=O)Nc2ccc(N[C@@](C)(CC)C(=O)c3cc(C(=O)Nc4ccccc4)c(C(=O)O)cc3C(=O)O)cc2)c(C(=O)O)cc1C(=O)O. The number of hydrogen-bond donors (Lipinski definition) is 8. The Morgan fingerprint density at radius 3 is 1.14 bits per heavy atom. The number of amides is 2. The molecule has 0 aliphatic heterocycles. The molecule has 0 aromatic heterocycles. The van der Waals surface area contributed by atoms with Gasteiger partial charge in [0, 0.05) is 33.9 Å². The Morgan fingerprint density at radius 2 is 0.746 bits per heavy atom. The number of nitrogens with one attached hydrogen (secondary N) is 4. The number of carboxylic acid groups (broad SMARTS) is 4. The van der Waals surface area contributed by atoms with Gasteiger partial charge in [0.25, 0.3) is 11.8 Å². The molecule has 2 amide bonds. The van der Waals surface area contributed by atoms with Gasteiger partial charge in [0.15, 0.2) is 11.6 Å². The standard InChI is InChI=1S/C47H44N4O12/c1-5-46(4,38(52)30-22-32(36(44(60)61)24-34(30)42(56)57)40(54)48-26-14-10-8-11-15-26)50-29-20-18-27(19-21-29)49-41(55)33-23-31(35(43(58)59)25-37(33)45(62)63)39(53)47(6-2,7-3)51-28-16-12-9-13-17-28/h8-25,50-51H,5-7H2,1-4H3,(H,48,54)(H,49,55)(H,56,57)(H,58,59)(H,60,61)(H,62,63)/t46-/m0/s1. The van der Waals surface area contributed by atoms with Gasteiger partial charge in [-0.3, -0.25) is 19.2 Å². The van der Waals surface area contributed by atoms with Crippen LogP contribution in [0, 0.1) is 0 Å². The molecule has 0 saturated carbocycles. The van der Waals surface area contributed by atoms with Gasteiger partial charge in [-0.25, -0.2) is 19.2 Å². The molecule has 0 bridgehead atoms. The fourth-order valence-electron chi connectivity index (χ4n) is 7.00. The van der Waals surface area contributed by atoms with Crippen LogP contribution in [0.3, 0.4) is 0 Å². The lowest BCUT2D eigenvalue weighted by atomic mass is 9.81. The first-order chi connectivity index (χ1) is 29.9. The molecule has 5 rings (SSSR count). The second kappa shape index (κ2) is 19.1. The largest absolute Gasteiger partial charge is 0.478 e. The van der Waals surface area contributed by atoms with Gasteiger partial charge in [-0.2, -0.15) is 0 Å². The van der Waals surface area contributed by atoms with Crippen molar-refractivity contribution in [1.29, 1.82) is 0 Å². The van der Waals surface area contributed by atoms with Crippen molar-refractivity contribution in [2.45, 2.75) is 58.0 Å². The van der Waals surface area contributed by atoms with Crippen LogP contribution in [0.5, 0.6) is 0 Å². The molecule has 324 valence electrons. The highest BCUT2D eigenvalue weighted by Crippen LogP contribution is 2.32. The van der Waals surface area contributed by atoms with Crippen LogP contribution in [0.2, 0.25) is 0 Å². The van der Waals surface area contributed by atoms with E-state index in [4.69, 9.17) is 0 Å². The van der Waals surface area contributed by atoms with E-state index >= 15 is 0 Å². The zero-order valence-electron chi connectivity index (χ0n) is 34.6. The van der Waals surface area contributed by atoms with Gasteiger partial charge < -0.3 is 41.7 Å². The van der Waals surface area contributed by atoms with Crippen molar-refractivity contribution in [1.82, 2.24) is 0 Å². The van der Waals surface area contributed by atoms with Gasteiger partial charge in [-0.15, -0.1) is 0 Å². The molecule has 63 heavy (non-hydrogen) atoms. The summed E-state index contributed by atoms with van der Waals surface area (Å²) < 4.78 is 0. The topological polar surface area (TPSA) is 266 Å². The van der Waals surface area contributed by atoms with Crippen molar-refractivity contribution in [2.75, 3.05) is 21.3 Å². The quantitative estimate of drug-likeness (QED) is 0.0363. The van der Waals surface area contributed by atoms with Crippen molar-refractivity contribution in [3.05, 3.63) is 154 Å². The predicted molar refractivity (Wildman–Crippen MR) is 234 cm³/mol. The van der Waals surface area contributed by atoms with E-state index < -0.39 is 97.3 Å². The second-order valence-corrected chi connectivity index (χ2v) is 14.7. The summed E-state index contributed by atoms with van der Waals surface area (Å²) in [5.41, 5.74) is -5.78. The molecule has 0 aliphatic carbocycles. The summed E-state index contributed by atoms with van der Waals surface area (Å²) in [6, 6.07) is 26.1. The maximum absolute atomic E-state index is 14.3. The number of hydrogen-bond acceptors (Lipinski definition) is 10. The average molecular weight is 857 g/mol. The van der Waals surface area contributed by atoms with E-state index in [1.807, 2.05) is 0 Å². The van der Waals surface area contributed by atoms with Crippen LogP contribution in [0.15, 0.2) is 109 Å². The van der Waals surface area contributed by atoms with E-state index in [0.717, 1.165) is 24.3 Å². The number of rotatable bonds is 19. The highest BCUT2D eigenvalue weighted by atomic mass is 16.4. The molecule has 0 radical (unpaired) electrons. The third kappa shape index (κ3) is 9.92. The number of carbonyl (C=O) groups is 8. The predicted octanol–water partition coefficient (Wildman–Crippen LogP) is 8.30. The summed E-state index contributed by atoms with van der Waals surface area (Å²) in [5.74, 6) is -9.68. The van der Waals surface area contributed by atoms with Crippen LogP contribution >= 0.6 is 0 Å². The molecule has 0 spiro atoms. The molecule has 5 aromatic rings. The number of aromatic carboxylic acids is 4. The zero-order valence-corrected chi connectivity index (χ0v) is 34.6. The molecular weight excluding hydrogens is 813 g/mol. The number of ketones is 2. The molecule has 1 atom stereocenters. The number of para-hydroxylation sites is 2. The fourth-order valence-corrected chi connectivity index (χ4v) is 7.00. The molecule has 0 unspecified atom stereocenters. The molecule has 16 heteroatoms. The molecular formula is C47H44N4O12. The smallest absolute Gasteiger partial charge is 0.336 e. The first kappa shape index (κ1) is 45.9. The zero-order chi connectivity index (χ0) is 46.2. The number of carboxylic acids is 4. The van der Waals surface area contributed by atoms with Crippen LogP contribution < -0.4 is 21.3 Å². The minimum Gasteiger partial charge on any atom is -0.478 e. The van der Waals surface area contributed by atoms with Crippen molar-refractivity contribution >= 4 is 70.0 Å². The minimum atomic E-state index is -1.61. The Bertz CT molecular complexity index is 2620. The molecule has 0 saturated heterocycles. The van der Waals surface area contributed by atoms with Gasteiger partial charge in [-0.05, 0) is 99.0 Å². The normalized spacial score (nSPS) is 11.9. The first-order valence-electron chi connectivity index (χ1n) is 19.7. The number of anilines is 4. The second-order valence-electron chi connectivity index (χ2n) is 14.7. The van der Waals surface area contributed by atoms with Gasteiger partial charge in [0.2, 0.25) is 0 Å². The summed E-state index contributed by atoms with van der Waals surface area (Å²) in [4.78, 5) is 105. The summed E-state index contributed by atoms with van der Waals surface area (Å²) in [5, 5.41) is 51.5. The van der Waals surface area contributed by atoms with Crippen LogP contribution in [0.4, 0.5) is 22.7 Å². The monoisotopic (exact) mass is 856 g/mol. The van der Waals surface area contributed by atoms with E-state index in [1.54, 1.807) is 81.4 Å². The Balaban J connectivity index is 1.45. The average Bonchev–Trinajstić information content (AvgIpc) is 3.27. The van der Waals surface area contributed by atoms with Crippen molar-refractivity contribution in [3.63, 3.8) is 0 Å². The van der Waals surface area contributed by atoms with E-state index in [-0.39, 0.29) is 30.5 Å². The molecule has 16 nitrogen and oxygen atoms in total. The van der Waals surface area contributed by atoms with Crippen LogP contribution in [-0.4, -0.2) is 78.8 Å². The first-order valence-corrected chi connectivity index (χ1v) is 19.7. The Kier molecular flexibility index (Phi) is 13.9. The molecule has 8 N–H and O–H groups in total. The van der Waals surface area contributed by atoms with Gasteiger partial charge >= 0.3 is 23.9 Å². The third-order valence-electron chi connectivity index (χ3n) is 10.8. The van der Waals surface area contributed by atoms with Gasteiger partial charge in [0.05, 0.1) is 38.9 Å². The minimum absolute atomic E-state index is 0.0686. The maximum Gasteiger partial charge on any atom is 0.336 e. The van der Waals surface area contributed by atoms with Crippen LogP contribution in [-0.2, 0) is 0 Å². The van der Waals surface area contributed by atoms with Gasteiger partial charge in [0.1, 0.15) is 5.54 Å². The number of carbonyl (C=O) groups excluding carboxylic acids is 4. The maximum atomic E-state index is 14.3. The van der Waals surface area contributed by atoms with E-state index in [0.29, 0.717) is 17.1 Å². The lowest BCUT2D eigenvalue weighted by molar-refractivity contribution is 0.0672. The summed E-state index contributed by atoms with van der Waals surface area (Å²) in [6.45, 7) is 6.61. The summed E-state index contributed by atoms with van der Waals surface area (Å²) in [6.07, 6.45) is 0.498. The molecule has 0 aliphatic rings. The fraction of sp³-hybridized carbons (Fsp3) is 0.191. The highest BCUT2D eigenvalue weighted by molar-refractivity contribution is 6.18. The molecule has 0 fully saturated rings. The lowest BCUT2D eigenvalue weighted by Gasteiger charge is -2.33. The molecule has 5 aromatic carbocycles. The summed E-state index contributed by atoms with van der Waals surface area (Å²) in [7, 11) is 0. The Morgan fingerprint density at radius 1 is 0.413 bits per heavy atom. The lowest BCUT2D eigenvalue weighted by Crippen LogP contribution is -2.46. The Hall–Kier alpha value is -8.14. The van der Waals surface area contributed by atoms with Crippen molar-refractivity contribution < 1.29 is 58.8 Å². The van der Waals surface area contributed by atoms with Crippen molar-refractivity contribution in [3.8, 4) is 0 Å². The van der Waals surface area contributed by atoms with Gasteiger partial charge in [-0.1, -0.05) is 57.2 Å². The highest BCUT2D eigenvalue weighted by Gasteiger charge is 2.39. The number of benzene rings is 5. The van der Waals surface area contributed by atoms with Crippen LogP contribution in [0.1, 0.15) is 130 Å². The van der Waals surface area contributed by atoms with Crippen LogP contribution in [0.25, 0.3) is 0 Å². The molecule has 0 heterocycles.